The summed E-state index contributed by atoms with van der Waals surface area (Å²) >= 11 is 0. The van der Waals surface area contributed by atoms with Gasteiger partial charge in [0.1, 0.15) is 5.82 Å². The predicted molar refractivity (Wildman–Crippen MR) is 96.6 cm³/mol. The Balaban J connectivity index is 1.86. The minimum absolute atomic E-state index is 0.149. The average molecular weight is 315 g/mol. The molecule has 3 aromatic rings. The van der Waals surface area contributed by atoms with E-state index in [2.05, 4.69) is 60.7 Å². The summed E-state index contributed by atoms with van der Waals surface area (Å²) in [5.74, 6) is 0.958. The number of rotatable bonds is 3. The quantitative estimate of drug-likeness (QED) is 0.698. The zero-order valence-corrected chi connectivity index (χ0v) is 14.3. The molecule has 3 rings (SSSR count). The van der Waals surface area contributed by atoms with Crippen LogP contribution in [0.25, 0.3) is 11.4 Å². The third-order valence-electron chi connectivity index (χ3n) is 4.16. The largest absolute Gasteiger partial charge is 0.327 e. The van der Waals surface area contributed by atoms with Crippen LogP contribution in [0.5, 0.6) is 0 Å². The van der Waals surface area contributed by atoms with E-state index in [1.165, 1.54) is 5.56 Å². The molecule has 0 bridgehead atoms. The van der Waals surface area contributed by atoms with Crippen molar-refractivity contribution in [1.82, 2.24) is 9.55 Å². The first-order chi connectivity index (χ1) is 11.5. The molecule has 0 aliphatic heterocycles. The van der Waals surface area contributed by atoms with E-state index >= 15 is 0 Å². The maximum Gasteiger partial charge on any atom is 0.140 e. The minimum atomic E-state index is 0.149. The molecule has 120 valence electrons. The van der Waals surface area contributed by atoms with Gasteiger partial charge in [-0.3, -0.25) is 0 Å². The summed E-state index contributed by atoms with van der Waals surface area (Å²) < 4.78 is 2.13. The molecule has 24 heavy (non-hydrogen) atoms. The summed E-state index contributed by atoms with van der Waals surface area (Å²) in [4.78, 5) is 4.52. The lowest BCUT2D eigenvalue weighted by molar-refractivity contribution is 0.590. The monoisotopic (exact) mass is 315 g/mol. The molecule has 3 nitrogen and oxygen atoms in total. The molecule has 0 N–H and O–H groups in total. The molecule has 0 unspecified atom stereocenters. The van der Waals surface area contributed by atoms with Gasteiger partial charge in [0.2, 0.25) is 0 Å². The van der Waals surface area contributed by atoms with Crippen LogP contribution in [0.15, 0.2) is 60.9 Å². The van der Waals surface area contributed by atoms with Crippen molar-refractivity contribution in [3.63, 3.8) is 0 Å². The first kappa shape index (κ1) is 16.0. The van der Waals surface area contributed by atoms with Crippen LogP contribution in [0.1, 0.15) is 37.5 Å². The van der Waals surface area contributed by atoms with Gasteiger partial charge in [0.05, 0.1) is 11.6 Å². The lowest BCUT2D eigenvalue weighted by Gasteiger charge is -2.19. The fourth-order valence-electron chi connectivity index (χ4n) is 2.70. The van der Waals surface area contributed by atoms with Gasteiger partial charge in [0, 0.05) is 24.5 Å². The molecule has 0 atom stereocenters. The highest BCUT2D eigenvalue weighted by molar-refractivity contribution is 5.56. The van der Waals surface area contributed by atoms with Gasteiger partial charge >= 0.3 is 0 Å². The van der Waals surface area contributed by atoms with E-state index in [1.54, 1.807) is 0 Å². The van der Waals surface area contributed by atoms with Gasteiger partial charge < -0.3 is 4.57 Å². The molecule has 0 aliphatic carbocycles. The molecular weight excluding hydrogens is 294 g/mol. The van der Waals surface area contributed by atoms with Crippen LogP contribution in [-0.4, -0.2) is 9.55 Å². The molecule has 3 heteroatoms. The summed E-state index contributed by atoms with van der Waals surface area (Å²) in [6.45, 7) is 7.39. The Bertz CT molecular complexity index is 857. The Morgan fingerprint density at radius 2 is 1.67 bits per heavy atom. The number of hydrogen-bond acceptors (Lipinski definition) is 2. The van der Waals surface area contributed by atoms with Crippen molar-refractivity contribution in [1.29, 1.82) is 5.26 Å². The average Bonchev–Trinajstić information content (AvgIpc) is 3.03. The van der Waals surface area contributed by atoms with Crippen molar-refractivity contribution in [3.05, 3.63) is 77.6 Å². The fourth-order valence-corrected chi connectivity index (χ4v) is 2.70. The molecule has 0 amide bonds. The molecule has 2 aromatic carbocycles. The van der Waals surface area contributed by atoms with Crippen molar-refractivity contribution >= 4 is 0 Å². The van der Waals surface area contributed by atoms with Crippen molar-refractivity contribution in [2.24, 2.45) is 0 Å². The second kappa shape index (κ2) is 6.33. The van der Waals surface area contributed by atoms with Gasteiger partial charge in [-0.1, -0.05) is 57.2 Å². The van der Waals surface area contributed by atoms with Gasteiger partial charge in [-0.05, 0) is 28.7 Å². The van der Waals surface area contributed by atoms with Crippen LogP contribution in [0, 0.1) is 11.3 Å². The van der Waals surface area contributed by atoms with E-state index in [9.17, 15) is 0 Å². The maximum atomic E-state index is 8.89. The van der Waals surface area contributed by atoms with Crippen LogP contribution in [-0.2, 0) is 12.0 Å². The van der Waals surface area contributed by atoms with E-state index < -0.39 is 0 Å². The zero-order valence-electron chi connectivity index (χ0n) is 14.3. The minimum Gasteiger partial charge on any atom is -0.327 e. The molecule has 0 radical (unpaired) electrons. The standard InChI is InChI=1S/C21H21N3/c1-21(2,3)19-10-8-18(9-11-19)20-23-12-13-24(20)15-17-6-4-16(14-22)5-7-17/h4-13H,15H2,1-3H3. The molecule has 0 saturated carbocycles. The number of imidazole rings is 1. The van der Waals surface area contributed by atoms with E-state index in [0.29, 0.717) is 5.56 Å². The Morgan fingerprint density at radius 1 is 1.00 bits per heavy atom. The summed E-state index contributed by atoms with van der Waals surface area (Å²) in [5, 5.41) is 8.89. The Morgan fingerprint density at radius 3 is 2.25 bits per heavy atom. The molecule has 1 aromatic heterocycles. The first-order valence-corrected chi connectivity index (χ1v) is 8.08. The van der Waals surface area contributed by atoms with Gasteiger partial charge in [-0.2, -0.15) is 5.26 Å². The van der Waals surface area contributed by atoms with Crippen molar-refractivity contribution in [2.45, 2.75) is 32.7 Å². The topological polar surface area (TPSA) is 41.6 Å². The molecule has 0 spiro atoms. The van der Waals surface area contributed by atoms with Crippen LogP contribution in [0.2, 0.25) is 0 Å². The highest BCUT2D eigenvalue weighted by Gasteiger charge is 2.14. The van der Waals surface area contributed by atoms with Crippen LogP contribution >= 0.6 is 0 Å². The Kier molecular flexibility index (Phi) is 4.22. The fraction of sp³-hybridized carbons (Fsp3) is 0.238. The van der Waals surface area contributed by atoms with Crippen molar-refractivity contribution in [2.75, 3.05) is 0 Å². The summed E-state index contributed by atoms with van der Waals surface area (Å²) in [6, 6.07) is 18.5. The first-order valence-electron chi connectivity index (χ1n) is 8.08. The molecular formula is C21H21N3. The van der Waals surface area contributed by atoms with E-state index in [4.69, 9.17) is 5.26 Å². The lowest BCUT2D eigenvalue weighted by Crippen LogP contribution is -2.10. The van der Waals surface area contributed by atoms with E-state index in [1.807, 2.05) is 36.7 Å². The number of benzene rings is 2. The molecule has 1 heterocycles. The van der Waals surface area contributed by atoms with E-state index in [-0.39, 0.29) is 5.41 Å². The Hall–Kier alpha value is -2.86. The lowest BCUT2D eigenvalue weighted by atomic mass is 9.87. The molecule has 0 aliphatic rings. The highest BCUT2D eigenvalue weighted by Crippen LogP contribution is 2.25. The van der Waals surface area contributed by atoms with Crippen molar-refractivity contribution < 1.29 is 0 Å². The number of nitrogens with zero attached hydrogens (tertiary/aromatic N) is 3. The maximum absolute atomic E-state index is 8.89. The van der Waals surface area contributed by atoms with Gasteiger partial charge in [-0.15, -0.1) is 0 Å². The van der Waals surface area contributed by atoms with Gasteiger partial charge in [0.15, 0.2) is 0 Å². The SMILES string of the molecule is CC(C)(C)c1ccc(-c2nccn2Cc2ccc(C#N)cc2)cc1. The second-order valence-corrected chi connectivity index (χ2v) is 7.01. The number of aromatic nitrogens is 2. The normalized spacial score (nSPS) is 11.2. The Labute approximate surface area is 143 Å². The third kappa shape index (κ3) is 3.38. The number of nitriles is 1. The third-order valence-corrected chi connectivity index (χ3v) is 4.16. The molecule has 0 saturated heterocycles. The van der Waals surface area contributed by atoms with Crippen LogP contribution < -0.4 is 0 Å². The summed E-state index contributed by atoms with van der Waals surface area (Å²) in [6.07, 6.45) is 3.82. The smallest absolute Gasteiger partial charge is 0.140 e. The van der Waals surface area contributed by atoms with Gasteiger partial charge in [0.25, 0.3) is 0 Å². The summed E-state index contributed by atoms with van der Waals surface area (Å²) in [5.41, 5.74) is 4.41. The predicted octanol–water partition coefficient (Wildman–Crippen LogP) is 4.77. The molecule has 0 fully saturated rings. The van der Waals surface area contributed by atoms with Crippen LogP contribution in [0.4, 0.5) is 0 Å². The number of hydrogen-bond donors (Lipinski definition) is 0. The van der Waals surface area contributed by atoms with Gasteiger partial charge in [-0.25, -0.2) is 4.98 Å². The van der Waals surface area contributed by atoms with Crippen molar-refractivity contribution in [3.8, 4) is 17.5 Å². The second-order valence-electron chi connectivity index (χ2n) is 7.01. The summed E-state index contributed by atoms with van der Waals surface area (Å²) in [7, 11) is 0. The van der Waals surface area contributed by atoms with E-state index in [0.717, 1.165) is 23.5 Å². The van der Waals surface area contributed by atoms with Crippen LogP contribution in [0.3, 0.4) is 0 Å². The zero-order chi connectivity index (χ0) is 17.2. The highest BCUT2D eigenvalue weighted by atomic mass is 15.1.